The van der Waals surface area contributed by atoms with Crippen LogP contribution in [0.1, 0.15) is 24.5 Å². The lowest BCUT2D eigenvalue weighted by molar-refractivity contribution is 0.0731. The highest BCUT2D eigenvalue weighted by atomic mass is 79.9. The van der Waals surface area contributed by atoms with Crippen molar-refractivity contribution in [3.63, 3.8) is 0 Å². The van der Waals surface area contributed by atoms with Gasteiger partial charge in [0.1, 0.15) is 0 Å². The van der Waals surface area contributed by atoms with E-state index in [2.05, 4.69) is 59.5 Å². The summed E-state index contributed by atoms with van der Waals surface area (Å²) in [6, 6.07) is 5.21. The van der Waals surface area contributed by atoms with Gasteiger partial charge in [-0.1, -0.05) is 15.9 Å². The number of rotatable bonds is 4. The Balaban J connectivity index is 1.96. The number of hydrogen-bond acceptors (Lipinski definition) is 3. The van der Waals surface area contributed by atoms with E-state index >= 15 is 0 Å². The summed E-state index contributed by atoms with van der Waals surface area (Å²) in [6.07, 6.45) is 1.08. The Morgan fingerprint density at radius 3 is 2.68 bits per heavy atom. The lowest BCUT2D eigenvalue weighted by Gasteiger charge is -2.28. The van der Waals surface area contributed by atoms with Crippen LogP contribution in [0.25, 0.3) is 0 Å². The first-order valence-corrected chi connectivity index (χ1v) is 7.70. The smallest absolute Gasteiger partial charge is 0.0621 e. The molecule has 2 unspecified atom stereocenters. The van der Waals surface area contributed by atoms with Crippen LogP contribution in [0.3, 0.4) is 0 Å². The van der Waals surface area contributed by atoms with Crippen LogP contribution in [0.2, 0.25) is 0 Å². The van der Waals surface area contributed by atoms with Crippen LogP contribution in [-0.2, 0) is 4.74 Å². The number of ether oxygens (including phenoxy) is 1. The molecule has 1 heterocycles. The van der Waals surface area contributed by atoms with Gasteiger partial charge in [0, 0.05) is 28.8 Å². The molecular weight excluding hydrogens is 304 g/mol. The maximum atomic E-state index is 5.50. The molecule has 0 saturated carbocycles. The zero-order valence-electron chi connectivity index (χ0n) is 11.9. The first kappa shape index (κ1) is 14.8. The van der Waals surface area contributed by atoms with Crippen LogP contribution < -0.4 is 10.6 Å². The second kappa shape index (κ2) is 6.73. The molecule has 0 amide bonds. The number of halogens is 1. The molecule has 1 saturated heterocycles. The molecule has 2 rings (SSSR count). The standard InChI is InChI=1S/C15H23BrN2O/c1-10-6-13(16)7-11(2)15(10)18-12(3)8-14-9-19-5-4-17-14/h6-7,12,14,17-18H,4-5,8-9H2,1-3H3. The molecule has 2 N–H and O–H groups in total. The van der Waals surface area contributed by atoms with E-state index in [0.717, 1.165) is 30.7 Å². The lowest BCUT2D eigenvalue weighted by atomic mass is 10.0. The normalized spacial score (nSPS) is 21.2. The second-order valence-corrected chi connectivity index (χ2v) is 6.34. The van der Waals surface area contributed by atoms with Crippen LogP contribution in [0.4, 0.5) is 5.69 Å². The predicted molar refractivity (Wildman–Crippen MR) is 83.9 cm³/mol. The van der Waals surface area contributed by atoms with Crippen molar-refractivity contribution in [2.24, 2.45) is 0 Å². The summed E-state index contributed by atoms with van der Waals surface area (Å²) >= 11 is 3.54. The molecule has 1 aromatic rings. The van der Waals surface area contributed by atoms with Crippen LogP contribution in [0.15, 0.2) is 16.6 Å². The third-order valence-corrected chi connectivity index (χ3v) is 3.98. The third kappa shape index (κ3) is 4.20. The van der Waals surface area contributed by atoms with E-state index < -0.39 is 0 Å². The van der Waals surface area contributed by atoms with Gasteiger partial charge in [-0.15, -0.1) is 0 Å². The van der Waals surface area contributed by atoms with Crippen molar-refractivity contribution < 1.29 is 4.74 Å². The van der Waals surface area contributed by atoms with E-state index in [-0.39, 0.29) is 0 Å². The van der Waals surface area contributed by atoms with Gasteiger partial charge in [0.2, 0.25) is 0 Å². The van der Waals surface area contributed by atoms with Crippen LogP contribution in [0, 0.1) is 13.8 Å². The van der Waals surface area contributed by atoms with E-state index in [0.29, 0.717) is 12.1 Å². The minimum atomic E-state index is 0.428. The van der Waals surface area contributed by atoms with Gasteiger partial charge in [-0.2, -0.15) is 0 Å². The van der Waals surface area contributed by atoms with Crippen molar-refractivity contribution in [2.45, 2.75) is 39.3 Å². The molecule has 1 aliphatic heterocycles. The molecule has 3 nitrogen and oxygen atoms in total. The quantitative estimate of drug-likeness (QED) is 0.891. The molecule has 0 aromatic heterocycles. The van der Waals surface area contributed by atoms with E-state index in [1.807, 2.05) is 0 Å². The minimum Gasteiger partial charge on any atom is -0.382 e. The molecule has 0 bridgehead atoms. The van der Waals surface area contributed by atoms with Crippen molar-refractivity contribution in [1.29, 1.82) is 0 Å². The van der Waals surface area contributed by atoms with Crippen molar-refractivity contribution in [2.75, 3.05) is 25.1 Å². The van der Waals surface area contributed by atoms with Gasteiger partial charge >= 0.3 is 0 Å². The largest absolute Gasteiger partial charge is 0.382 e. The van der Waals surface area contributed by atoms with Gasteiger partial charge in [0.05, 0.1) is 13.2 Å². The minimum absolute atomic E-state index is 0.428. The summed E-state index contributed by atoms with van der Waals surface area (Å²) in [6.45, 7) is 9.15. The number of morpholine rings is 1. The highest BCUT2D eigenvalue weighted by Crippen LogP contribution is 2.26. The van der Waals surface area contributed by atoms with E-state index in [1.54, 1.807) is 0 Å². The highest BCUT2D eigenvalue weighted by molar-refractivity contribution is 9.10. The summed E-state index contributed by atoms with van der Waals surface area (Å²) in [7, 11) is 0. The van der Waals surface area contributed by atoms with Gasteiger partial charge in [-0.25, -0.2) is 0 Å². The number of hydrogen-bond donors (Lipinski definition) is 2. The maximum absolute atomic E-state index is 5.50. The van der Waals surface area contributed by atoms with Crippen LogP contribution >= 0.6 is 15.9 Å². The number of anilines is 1. The average molecular weight is 327 g/mol. The van der Waals surface area contributed by atoms with E-state index in [1.165, 1.54) is 16.8 Å². The fourth-order valence-corrected chi connectivity index (χ4v) is 3.33. The maximum Gasteiger partial charge on any atom is 0.0621 e. The molecule has 106 valence electrons. The Labute approximate surface area is 124 Å². The molecule has 19 heavy (non-hydrogen) atoms. The van der Waals surface area contributed by atoms with Crippen LogP contribution in [-0.4, -0.2) is 31.8 Å². The van der Waals surface area contributed by atoms with Crippen molar-refractivity contribution in [1.82, 2.24) is 5.32 Å². The highest BCUT2D eigenvalue weighted by Gasteiger charge is 2.17. The molecular formula is C15H23BrN2O. The second-order valence-electron chi connectivity index (χ2n) is 5.42. The SMILES string of the molecule is Cc1cc(Br)cc(C)c1NC(C)CC1COCCN1. The predicted octanol–water partition coefficient (Wildman–Crippen LogP) is 3.24. The lowest BCUT2D eigenvalue weighted by Crippen LogP contribution is -2.43. The van der Waals surface area contributed by atoms with Gasteiger partial charge in [-0.05, 0) is 50.5 Å². The summed E-state index contributed by atoms with van der Waals surface area (Å²) < 4.78 is 6.64. The molecule has 0 radical (unpaired) electrons. The number of aryl methyl sites for hydroxylation is 2. The zero-order chi connectivity index (χ0) is 13.8. The van der Waals surface area contributed by atoms with Crippen LogP contribution in [0.5, 0.6) is 0 Å². The summed E-state index contributed by atoms with van der Waals surface area (Å²) in [5, 5.41) is 7.14. The van der Waals surface area contributed by atoms with Gasteiger partial charge in [0.25, 0.3) is 0 Å². The summed E-state index contributed by atoms with van der Waals surface area (Å²) in [4.78, 5) is 0. The summed E-state index contributed by atoms with van der Waals surface area (Å²) in [5.41, 5.74) is 3.82. The zero-order valence-corrected chi connectivity index (χ0v) is 13.5. The number of nitrogens with one attached hydrogen (secondary N) is 2. The van der Waals surface area contributed by atoms with Gasteiger partial charge in [0.15, 0.2) is 0 Å². The summed E-state index contributed by atoms with van der Waals surface area (Å²) in [5.74, 6) is 0. The average Bonchev–Trinajstić information content (AvgIpc) is 2.35. The Morgan fingerprint density at radius 1 is 1.42 bits per heavy atom. The Hall–Kier alpha value is -0.580. The molecule has 4 heteroatoms. The Kier molecular flexibility index (Phi) is 5.25. The third-order valence-electron chi connectivity index (χ3n) is 3.52. The molecule has 2 atom stereocenters. The van der Waals surface area contributed by atoms with Crippen molar-refractivity contribution in [3.8, 4) is 0 Å². The molecule has 1 aliphatic rings. The van der Waals surface area contributed by atoms with E-state index in [4.69, 9.17) is 4.74 Å². The fraction of sp³-hybridized carbons (Fsp3) is 0.600. The van der Waals surface area contributed by atoms with Crippen molar-refractivity contribution in [3.05, 3.63) is 27.7 Å². The van der Waals surface area contributed by atoms with Crippen molar-refractivity contribution >= 4 is 21.6 Å². The number of benzene rings is 1. The van der Waals surface area contributed by atoms with Gasteiger partial charge < -0.3 is 15.4 Å². The Bertz CT molecular complexity index is 407. The monoisotopic (exact) mass is 326 g/mol. The van der Waals surface area contributed by atoms with E-state index in [9.17, 15) is 0 Å². The fourth-order valence-electron chi connectivity index (χ4n) is 2.64. The Morgan fingerprint density at radius 2 is 2.11 bits per heavy atom. The molecule has 0 aliphatic carbocycles. The van der Waals surface area contributed by atoms with Gasteiger partial charge in [-0.3, -0.25) is 0 Å². The first-order valence-electron chi connectivity index (χ1n) is 6.90. The molecule has 1 aromatic carbocycles. The molecule has 1 fully saturated rings. The topological polar surface area (TPSA) is 33.3 Å². The molecule has 0 spiro atoms. The first-order chi connectivity index (χ1) is 9.06.